The van der Waals surface area contributed by atoms with Crippen LogP contribution in [0.1, 0.15) is 50.3 Å². The highest BCUT2D eigenvalue weighted by Crippen LogP contribution is 2.29. The van der Waals surface area contributed by atoms with Gasteiger partial charge >= 0.3 is 6.09 Å². The standard InChI is InChI=1S/C33H45N7O6/c1-9-38(32(43)45-33(4,5)6)15-14-34-29(41)20-39(28-17-24(11-10-22(28)2)31-35-23(3)46-36-31)21-30(42)37(7)40-18-25-12-13-27(44-8)16-26(25)19-40/h10-13,16-17H,9,14-15,18-21H2,1-8H3,(H,34,41). The Morgan fingerprint density at radius 3 is 2.43 bits per heavy atom. The van der Waals surface area contributed by atoms with Crippen molar-refractivity contribution >= 4 is 23.6 Å². The average molecular weight is 636 g/mol. The van der Waals surface area contributed by atoms with E-state index in [0.29, 0.717) is 42.6 Å². The van der Waals surface area contributed by atoms with E-state index in [2.05, 4.69) is 15.5 Å². The number of benzene rings is 2. The quantitative estimate of drug-likeness (QED) is 0.312. The van der Waals surface area contributed by atoms with Crippen LogP contribution >= 0.6 is 0 Å². The highest BCUT2D eigenvalue weighted by atomic mass is 16.6. The molecule has 1 aliphatic rings. The van der Waals surface area contributed by atoms with Crippen LogP contribution < -0.4 is 15.0 Å². The number of ether oxygens (including phenoxy) is 2. The Labute approximate surface area is 270 Å². The Kier molecular flexibility index (Phi) is 10.9. The molecule has 1 N–H and O–H groups in total. The molecule has 0 bridgehead atoms. The summed E-state index contributed by atoms with van der Waals surface area (Å²) >= 11 is 0. The van der Waals surface area contributed by atoms with E-state index in [1.54, 1.807) is 31.0 Å². The van der Waals surface area contributed by atoms with Gasteiger partial charge in [0.05, 0.1) is 20.2 Å². The Bertz CT molecular complexity index is 1550. The van der Waals surface area contributed by atoms with Gasteiger partial charge in [-0.3, -0.25) is 14.6 Å². The zero-order valence-electron chi connectivity index (χ0n) is 28.0. The number of aromatic nitrogens is 2. The summed E-state index contributed by atoms with van der Waals surface area (Å²) in [6.45, 7) is 12.9. The number of fused-ring (bicyclic) bond motifs is 1. The van der Waals surface area contributed by atoms with E-state index in [1.165, 1.54) is 4.90 Å². The number of carbonyl (C=O) groups excluding carboxylic acids is 3. The highest BCUT2D eigenvalue weighted by Gasteiger charge is 2.28. The first-order valence-corrected chi connectivity index (χ1v) is 15.4. The minimum atomic E-state index is -0.620. The van der Waals surface area contributed by atoms with E-state index in [1.807, 2.05) is 76.0 Å². The van der Waals surface area contributed by atoms with Gasteiger partial charge in [0, 0.05) is 57.9 Å². The van der Waals surface area contributed by atoms with E-state index in [0.717, 1.165) is 22.4 Å². The molecule has 13 heteroatoms. The molecular weight excluding hydrogens is 590 g/mol. The van der Waals surface area contributed by atoms with Crippen molar-refractivity contribution in [3.63, 3.8) is 0 Å². The number of rotatable bonds is 12. The lowest BCUT2D eigenvalue weighted by Gasteiger charge is -2.32. The number of amides is 3. The summed E-state index contributed by atoms with van der Waals surface area (Å²) in [5.41, 5.74) is 3.87. The second-order valence-corrected chi connectivity index (χ2v) is 12.3. The van der Waals surface area contributed by atoms with Crippen molar-refractivity contribution in [2.24, 2.45) is 0 Å². The van der Waals surface area contributed by atoms with E-state index in [9.17, 15) is 14.4 Å². The van der Waals surface area contributed by atoms with Crippen molar-refractivity contribution in [3.05, 3.63) is 59.0 Å². The lowest BCUT2D eigenvalue weighted by Crippen LogP contribution is -2.48. The molecule has 4 rings (SSSR count). The monoisotopic (exact) mass is 635 g/mol. The number of methoxy groups -OCH3 is 1. The zero-order valence-corrected chi connectivity index (χ0v) is 28.0. The van der Waals surface area contributed by atoms with Crippen molar-refractivity contribution in [2.75, 3.05) is 51.8 Å². The molecule has 2 aromatic carbocycles. The number of hydrogen-bond acceptors (Lipinski definition) is 10. The molecule has 3 amide bonds. The molecule has 0 radical (unpaired) electrons. The van der Waals surface area contributed by atoms with Crippen LogP contribution in [-0.4, -0.2) is 95.4 Å². The summed E-state index contributed by atoms with van der Waals surface area (Å²) in [4.78, 5) is 47.2. The lowest BCUT2D eigenvalue weighted by molar-refractivity contribution is -0.145. The SMILES string of the molecule is CCN(CCNC(=O)CN(CC(=O)N(C)N1Cc2ccc(OC)cc2C1)c1cc(-c2noc(C)n2)ccc1C)C(=O)OC(C)(C)C. The molecule has 0 saturated heterocycles. The van der Waals surface area contributed by atoms with Crippen molar-refractivity contribution in [3.8, 4) is 17.1 Å². The Morgan fingerprint density at radius 2 is 1.78 bits per heavy atom. The number of hydrogen-bond donors (Lipinski definition) is 1. The minimum Gasteiger partial charge on any atom is -0.497 e. The Morgan fingerprint density at radius 1 is 1.04 bits per heavy atom. The maximum atomic E-state index is 13.8. The summed E-state index contributed by atoms with van der Waals surface area (Å²) in [6, 6.07) is 11.6. The molecule has 0 fully saturated rings. The second-order valence-electron chi connectivity index (χ2n) is 12.3. The zero-order chi connectivity index (χ0) is 33.6. The van der Waals surface area contributed by atoms with Gasteiger partial charge in [-0.1, -0.05) is 23.4 Å². The first-order valence-electron chi connectivity index (χ1n) is 15.4. The van der Waals surface area contributed by atoms with Crippen LogP contribution in [-0.2, 0) is 27.4 Å². The van der Waals surface area contributed by atoms with Crippen LogP contribution in [0.25, 0.3) is 11.4 Å². The third-order valence-electron chi connectivity index (χ3n) is 7.64. The van der Waals surface area contributed by atoms with Gasteiger partial charge in [0.15, 0.2) is 0 Å². The van der Waals surface area contributed by atoms with Crippen molar-refractivity contribution in [1.82, 2.24) is 30.4 Å². The molecule has 1 aromatic heterocycles. The summed E-state index contributed by atoms with van der Waals surface area (Å²) < 4.78 is 16.0. The van der Waals surface area contributed by atoms with Crippen molar-refractivity contribution < 1.29 is 28.4 Å². The van der Waals surface area contributed by atoms with Crippen molar-refractivity contribution in [2.45, 2.75) is 60.2 Å². The third-order valence-corrected chi connectivity index (χ3v) is 7.64. The van der Waals surface area contributed by atoms with Crippen LogP contribution in [0, 0.1) is 13.8 Å². The van der Waals surface area contributed by atoms with Crippen LogP contribution in [0.4, 0.5) is 10.5 Å². The summed E-state index contributed by atoms with van der Waals surface area (Å²) in [6.07, 6.45) is -0.439. The molecule has 0 spiro atoms. The van der Waals surface area contributed by atoms with Gasteiger partial charge in [-0.05, 0) is 69.5 Å². The van der Waals surface area contributed by atoms with Gasteiger partial charge < -0.3 is 29.1 Å². The fourth-order valence-corrected chi connectivity index (χ4v) is 5.11. The smallest absolute Gasteiger partial charge is 0.410 e. The number of carbonyl (C=O) groups is 3. The van der Waals surface area contributed by atoms with Gasteiger partial charge in [0.2, 0.25) is 17.6 Å². The van der Waals surface area contributed by atoms with Crippen LogP contribution in [0.2, 0.25) is 0 Å². The third kappa shape index (κ3) is 8.75. The minimum absolute atomic E-state index is 0.0609. The van der Waals surface area contributed by atoms with Crippen LogP contribution in [0.3, 0.4) is 0 Å². The topological polar surface area (TPSA) is 134 Å². The fourth-order valence-electron chi connectivity index (χ4n) is 5.11. The summed E-state index contributed by atoms with van der Waals surface area (Å²) in [7, 11) is 3.37. The molecule has 46 heavy (non-hydrogen) atoms. The molecule has 0 unspecified atom stereocenters. The number of anilines is 1. The number of hydrazine groups is 1. The van der Waals surface area contributed by atoms with Gasteiger partial charge in [-0.25, -0.2) is 9.80 Å². The normalized spacial score (nSPS) is 12.8. The first kappa shape index (κ1) is 34.2. The van der Waals surface area contributed by atoms with Crippen LogP contribution in [0.15, 0.2) is 40.9 Å². The average Bonchev–Trinajstić information content (AvgIpc) is 3.63. The van der Waals surface area contributed by atoms with E-state index in [4.69, 9.17) is 14.0 Å². The fraction of sp³-hybridized carbons (Fsp3) is 0.485. The molecular formula is C33H45N7O6. The summed E-state index contributed by atoms with van der Waals surface area (Å²) in [5.74, 6) is 1.14. The predicted molar refractivity (Wildman–Crippen MR) is 173 cm³/mol. The van der Waals surface area contributed by atoms with Crippen molar-refractivity contribution in [1.29, 1.82) is 0 Å². The van der Waals surface area contributed by atoms with Gasteiger partial charge in [-0.15, -0.1) is 0 Å². The van der Waals surface area contributed by atoms with E-state index < -0.39 is 11.7 Å². The lowest BCUT2D eigenvalue weighted by atomic mass is 10.1. The van der Waals surface area contributed by atoms with E-state index >= 15 is 0 Å². The van der Waals surface area contributed by atoms with Gasteiger partial charge in [0.25, 0.3) is 5.91 Å². The van der Waals surface area contributed by atoms with E-state index in [-0.39, 0.29) is 38.0 Å². The molecule has 2 heterocycles. The maximum absolute atomic E-state index is 13.8. The number of nitrogens with one attached hydrogen (secondary N) is 1. The molecule has 13 nitrogen and oxygen atoms in total. The molecule has 0 atom stereocenters. The summed E-state index contributed by atoms with van der Waals surface area (Å²) in [5, 5.41) is 10.5. The number of nitrogens with zero attached hydrogens (tertiary/aromatic N) is 6. The first-order chi connectivity index (χ1) is 21.8. The predicted octanol–water partition coefficient (Wildman–Crippen LogP) is 3.93. The molecule has 1 aliphatic heterocycles. The van der Waals surface area contributed by atoms with Gasteiger partial charge in [-0.2, -0.15) is 4.98 Å². The molecule has 3 aromatic rings. The second kappa shape index (κ2) is 14.6. The largest absolute Gasteiger partial charge is 0.497 e. The Balaban J connectivity index is 1.49. The number of aryl methyl sites for hydroxylation is 2. The Hall–Kier alpha value is -4.65. The van der Waals surface area contributed by atoms with Gasteiger partial charge in [0.1, 0.15) is 11.4 Å². The van der Waals surface area contributed by atoms with Crippen LogP contribution in [0.5, 0.6) is 5.75 Å². The molecule has 0 aliphatic carbocycles. The number of likely N-dealkylation sites (N-methyl/N-ethyl adjacent to an activating group) is 2. The molecule has 0 saturated carbocycles. The maximum Gasteiger partial charge on any atom is 0.410 e. The highest BCUT2D eigenvalue weighted by molar-refractivity contribution is 5.87. The molecule has 248 valence electrons.